The van der Waals surface area contributed by atoms with Gasteiger partial charge in [-0.25, -0.2) is 0 Å². The molecule has 1 aliphatic carbocycles. The van der Waals surface area contributed by atoms with Crippen LogP contribution in [0.4, 0.5) is 0 Å². The van der Waals surface area contributed by atoms with Crippen LogP contribution < -0.4 is 0 Å². The molecule has 0 radical (unpaired) electrons. The Balaban J connectivity index is 3.48. The van der Waals surface area contributed by atoms with E-state index in [-0.39, 0.29) is 0 Å². The highest BCUT2D eigenvalue weighted by atomic mass is 16.6. The summed E-state index contributed by atoms with van der Waals surface area (Å²) < 4.78 is 0. The van der Waals surface area contributed by atoms with Crippen molar-refractivity contribution in [3.05, 3.63) is 49.0 Å². The number of hydrogen-bond donors (Lipinski definition) is 2. The van der Waals surface area contributed by atoms with Crippen LogP contribution in [-0.2, 0) is 0 Å². The Labute approximate surface area is 86.7 Å². The first-order chi connectivity index (χ1) is 7.40. The van der Waals surface area contributed by atoms with Crippen LogP contribution in [0.15, 0.2) is 23.2 Å². The lowest BCUT2D eigenvalue weighted by Gasteiger charge is -2.07. The lowest BCUT2D eigenvalue weighted by Crippen LogP contribution is -2.33. The molecule has 84 valence electrons. The van der Waals surface area contributed by atoms with Crippen molar-refractivity contribution in [3.8, 4) is 0 Å². The third-order valence-corrected chi connectivity index (χ3v) is 1.82. The van der Waals surface area contributed by atoms with E-state index in [0.717, 1.165) is 0 Å². The van der Waals surface area contributed by atoms with Crippen LogP contribution >= 0.6 is 0 Å². The summed E-state index contributed by atoms with van der Waals surface area (Å²) in [7, 11) is 0. The molecular formula is C6H4N4O6. The maximum absolute atomic E-state index is 10.4. The van der Waals surface area contributed by atoms with Gasteiger partial charge in [0.25, 0.3) is 17.6 Å². The van der Waals surface area contributed by atoms with Crippen molar-refractivity contribution >= 4 is 5.71 Å². The molecule has 0 heterocycles. The van der Waals surface area contributed by atoms with E-state index in [4.69, 9.17) is 5.53 Å². The predicted molar refractivity (Wildman–Crippen MR) is 46.4 cm³/mol. The molecule has 10 nitrogen and oxygen atoms in total. The van der Waals surface area contributed by atoms with Gasteiger partial charge >= 0.3 is 11.4 Å². The zero-order valence-electron chi connectivity index (χ0n) is 7.47. The second-order valence-corrected chi connectivity index (χ2v) is 2.71. The fraction of sp³-hybridized carbons (Fsp3) is 0.167. The van der Waals surface area contributed by atoms with E-state index in [0.29, 0.717) is 6.08 Å². The molecule has 1 rings (SSSR count). The van der Waals surface area contributed by atoms with Gasteiger partial charge in [-0.1, -0.05) is 0 Å². The predicted octanol–water partition coefficient (Wildman–Crippen LogP) is -0.761. The first kappa shape index (κ1) is 11.5. The first-order valence-corrected chi connectivity index (χ1v) is 3.74. The molecule has 0 spiro atoms. The summed E-state index contributed by atoms with van der Waals surface area (Å²) in [5.74, 6) is -1.12. The van der Waals surface area contributed by atoms with E-state index >= 15 is 0 Å². The van der Waals surface area contributed by atoms with Crippen LogP contribution in [0.2, 0.25) is 0 Å². The van der Waals surface area contributed by atoms with Gasteiger partial charge in [-0.2, -0.15) is 4.79 Å². The van der Waals surface area contributed by atoms with E-state index < -0.39 is 38.8 Å². The van der Waals surface area contributed by atoms with E-state index in [1.165, 1.54) is 0 Å². The summed E-state index contributed by atoms with van der Waals surface area (Å²) in [6.07, 6.45) is -1.63. The maximum atomic E-state index is 10.4. The fourth-order valence-electron chi connectivity index (χ4n) is 1.08. The van der Waals surface area contributed by atoms with Crippen molar-refractivity contribution in [1.82, 2.24) is 0 Å². The highest BCUT2D eigenvalue weighted by molar-refractivity contribution is 6.00. The second kappa shape index (κ2) is 3.88. The van der Waals surface area contributed by atoms with Crippen LogP contribution in [-0.4, -0.2) is 36.7 Å². The molecule has 0 aromatic rings. The Bertz CT molecular complexity index is 485. The highest BCUT2D eigenvalue weighted by Gasteiger charge is 2.46. The lowest BCUT2D eigenvalue weighted by atomic mass is 10.0. The Morgan fingerprint density at radius 1 is 1.38 bits per heavy atom. The third-order valence-electron chi connectivity index (χ3n) is 1.82. The van der Waals surface area contributed by atoms with E-state index in [1.807, 2.05) is 0 Å². The number of allylic oxidation sites excluding steroid dienone is 1. The minimum Gasteiger partial charge on any atom is -0.497 e. The van der Waals surface area contributed by atoms with Gasteiger partial charge in [-0.3, -0.25) is 20.2 Å². The van der Waals surface area contributed by atoms with Gasteiger partial charge in [0.15, 0.2) is 0 Å². The standard InChI is InChI=1S/C6H4N4O6/c7-8-4-5(11)2(9(13)14)1-3(6(4)12)10(15)16/h1,5,11-12H. The molecule has 1 unspecified atom stereocenters. The molecule has 0 bridgehead atoms. The molecule has 1 atom stereocenters. The largest absolute Gasteiger partial charge is 0.497 e. The smallest absolute Gasteiger partial charge is 0.379 e. The molecule has 10 heteroatoms. The summed E-state index contributed by atoms with van der Waals surface area (Å²) in [6.45, 7) is 0. The molecule has 1 aliphatic rings. The van der Waals surface area contributed by atoms with Gasteiger partial charge in [0.1, 0.15) is 0 Å². The number of rotatable bonds is 2. The van der Waals surface area contributed by atoms with Crippen molar-refractivity contribution in [2.75, 3.05) is 0 Å². The van der Waals surface area contributed by atoms with E-state index in [9.17, 15) is 30.4 Å². The highest BCUT2D eigenvalue weighted by Crippen LogP contribution is 2.20. The fourth-order valence-corrected chi connectivity index (χ4v) is 1.08. The van der Waals surface area contributed by atoms with Gasteiger partial charge in [0.2, 0.25) is 0 Å². The number of aliphatic hydroxyl groups is 2. The van der Waals surface area contributed by atoms with Crippen LogP contribution in [0.5, 0.6) is 0 Å². The van der Waals surface area contributed by atoms with Crippen LogP contribution in [0.3, 0.4) is 0 Å². The molecule has 2 N–H and O–H groups in total. The first-order valence-electron chi connectivity index (χ1n) is 3.74. The Kier molecular flexibility index (Phi) is 2.79. The molecule has 0 saturated carbocycles. The molecule has 0 amide bonds. The lowest BCUT2D eigenvalue weighted by molar-refractivity contribution is -0.442. The van der Waals surface area contributed by atoms with Gasteiger partial charge in [-0.15, -0.1) is 0 Å². The zero-order valence-corrected chi connectivity index (χ0v) is 7.47. The van der Waals surface area contributed by atoms with Crippen molar-refractivity contribution in [1.29, 1.82) is 0 Å². The number of nitro groups is 2. The molecule has 0 aromatic heterocycles. The summed E-state index contributed by atoms with van der Waals surface area (Å²) in [5, 5.41) is 39.3. The number of hydrogen-bond acceptors (Lipinski definition) is 6. The summed E-state index contributed by atoms with van der Waals surface area (Å²) in [6, 6.07) is 0. The minimum absolute atomic E-state index is 0.397. The van der Waals surface area contributed by atoms with Gasteiger partial charge in [0.05, 0.1) is 15.9 Å². The maximum Gasteiger partial charge on any atom is 0.379 e. The molecule has 0 aromatic carbocycles. The summed E-state index contributed by atoms with van der Waals surface area (Å²) in [5.41, 5.74) is 5.46. The monoisotopic (exact) mass is 228 g/mol. The molecule has 16 heavy (non-hydrogen) atoms. The Morgan fingerprint density at radius 3 is 2.31 bits per heavy atom. The van der Waals surface area contributed by atoms with Gasteiger partial charge in [-0.05, 0) is 0 Å². The molecule has 0 fully saturated rings. The molecule has 0 aliphatic heterocycles. The van der Waals surface area contributed by atoms with E-state index in [1.54, 1.807) is 0 Å². The molecular weight excluding hydrogens is 224 g/mol. The van der Waals surface area contributed by atoms with Gasteiger partial charge in [0, 0.05) is 0 Å². The normalized spacial score (nSPS) is 20.2. The Morgan fingerprint density at radius 2 is 1.94 bits per heavy atom. The average Bonchev–Trinajstić information content (AvgIpc) is 2.17. The van der Waals surface area contributed by atoms with Crippen LogP contribution in [0.25, 0.3) is 5.53 Å². The summed E-state index contributed by atoms with van der Waals surface area (Å²) >= 11 is 0. The van der Waals surface area contributed by atoms with Crippen LogP contribution in [0.1, 0.15) is 0 Å². The third kappa shape index (κ3) is 1.65. The molecule has 0 saturated heterocycles. The van der Waals surface area contributed by atoms with E-state index in [2.05, 4.69) is 4.79 Å². The van der Waals surface area contributed by atoms with Crippen LogP contribution in [0, 0.1) is 20.2 Å². The van der Waals surface area contributed by atoms with Gasteiger partial charge < -0.3 is 15.7 Å². The van der Waals surface area contributed by atoms with Crippen molar-refractivity contribution < 1.29 is 24.8 Å². The SMILES string of the molecule is [N-]=[N+]=C1C(O)=C([N+](=O)[O-])C=C([N+](=O)[O-])C1O. The van der Waals surface area contributed by atoms with Crippen molar-refractivity contribution in [3.63, 3.8) is 0 Å². The van der Waals surface area contributed by atoms with Crippen molar-refractivity contribution in [2.45, 2.75) is 6.10 Å². The zero-order chi connectivity index (χ0) is 12.5. The summed E-state index contributed by atoms with van der Waals surface area (Å²) in [4.78, 5) is 21.0. The quantitative estimate of drug-likeness (QED) is 0.273. The Hall–Kier alpha value is -2.58. The topological polar surface area (TPSA) is 163 Å². The van der Waals surface area contributed by atoms with Crippen molar-refractivity contribution in [2.24, 2.45) is 0 Å². The minimum atomic E-state index is -2.02. The second-order valence-electron chi connectivity index (χ2n) is 2.71. The number of aliphatic hydroxyl groups excluding tert-OH is 2. The average molecular weight is 228 g/mol. The number of nitrogens with zero attached hydrogens (tertiary/aromatic N) is 4.